The Bertz CT molecular complexity index is 455. The third kappa shape index (κ3) is 3.12. The first-order chi connectivity index (χ1) is 10.2. The van der Waals surface area contributed by atoms with Crippen LogP contribution in [0.4, 0.5) is 0 Å². The van der Waals surface area contributed by atoms with Crippen LogP contribution in [0.5, 0.6) is 0 Å². The van der Waals surface area contributed by atoms with Crippen LogP contribution >= 0.6 is 0 Å². The number of nitrogens with zero attached hydrogens (tertiary/aromatic N) is 1. The summed E-state index contributed by atoms with van der Waals surface area (Å²) in [5.74, 6) is 0. The number of hydrogen-bond donors (Lipinski definition) is 3. The van der Waals surface area contributed by atoms with Gasteiger partial charge in [0, 0.05) is 12.6 Å². The predicted molar refractivity (Wildman–Crippen MR) is 77.6 cm³/mol. The number of fused-ring (bicyclic) bond motifs is 1. The highest BCUT2D eigenvalue weighted by molar-refractivity contribution is 5.13. The average Bonchev–Trinajstić information content (AvgIpc) is 2.79. The monoisotopic (exact) mass is 293 g/mol. The molecule has 1 aromatic carbocycles. The zero-order valence-electron chi connectivity index (χ0n) is 12.0. The van der Waals surface area contributed by atoms with Gasteiger partial charge >= 0.3 is 0 Å². The van der Waals surface area contributed by atoms with Crippen molar-refractivity contribution in [1.29, 1.82) is 0 Å². The second-order valence-corrected chi connectivity index (χ2v) is 6.04. The van der Waals surface area contributed by atoms with Crippen molar-refractivity contribution >= 4 is 0 Å². The fraction of sp³-hybridized carbons (Fsp3) is 0.625. The fourth-order valence-corrected chi connectivity index (χ4v) is 3.48. The molecule has 2 aliphatic heterocycles. The second-order valence-electron chi connectivity index (χ2n) is 6.04. The summed E-state index contributed by atoms with van der Waals surface area (Å²) in [7, 11) is 0. The first-order valence-corrected chi connectivity index (χ1v) is 7.58. The maximum Gasteiger partial charge on any atom is 0.0991 e. The Balaban J connectivity index is 1.56. The van der Waals surface area contributed by atoms with Gasteiger partial charge in [0.05, 0.1) is 37.6 Å². The maximum atomic E-state index is 10.0. The zero-order chi connectivity index (χ0) is 14.8. The molecule has 2 aliphatic rings. The van der Waals surface area contributed by atoms with Gasteiger partial charge in [-0.25, -0.2) is 0 Å². The highest BCUT2D eigenvalue weighted by atomic mass is 16.5. The molecule has 2 fully saturated rings. The third-order valence-electron chi connectivity index (χ3n) is 4.61. The van der Waals surface area contributed by atoms with Crippen molar-refractivity contribution in [2.75, 3.05) is 13.2 Å². The number of hydrogen-bond acceptors (Lipinski definition) is 5. The number of benzene rings is 1. The summed E-state index contributed by atoms with van der Waals surface area (Å²) >= 11 is 0. The van der Waals surface area contributed by atoms with E-state index >= 15 is 0 Å². The van der Waals surface area contributed by atoms with Crippen molar-refractivity contribution in [1.82, 2.24) is 4.90 Å². The summed E-state index contributed by atoms with van der Waals surface area (Å²) in [5.41, 5.74) is 1.13. The molecule has 0 amide bonds. The first-order valence-electron chi connectivity index (χ1n) is 7.58. The molecule has 0 radical (unpaired) electrons. The highest BCUT2D eigenvalue weighted by Gasteiger charge is 2.48. The first kappa shape index (κ1) is 14.9. The molecule has 3 rings (SSSR count). The molecule has 0 aliphatic carbocycles. The molecule has 5 heteroatoms. The lowest BCUT2D eigenvalue weighted by molar-refractivity contribution is -0.0626. The summed E-state index contributed by atoms with van der Waals surface area (Å²) in [6.45, 7) is 1.52. The lowest BCUT2D eigenvalue weighted by Gasteiger charge is -2.40. The minimum absolute atomic E-state index is 0.147. The highest BCUT2D eigenvalue weighted by Crippen LogP contribution is 2.32. The van der Waals surface area contributed by atoms with Crippen LogP contribution in [-0.4, -0.2) is 63.8 Å². The van der Waals surface area contributed by atoms with Crippen LogP contribution < -0.4 is 0 Å². The standard InChI is InChI=1S/C16H23NO4/c18-13-7-6-12(17-8-14(19)16(20)15(13)17)10-21-9-11-4-2-1-3-5-11/h1-5,12-16,18-20H,6-10H2/t12-,13+,14+,15?,16?/m0/s1. The van der Waals surface area contributed by atoms with E-state index < -0.39 is 18.3 Å². The summed E-state index contributed by atoms with van der Waals surface area (Å²) in [6.07, 6.45) is -0.741. The summed E-state index contributed by atoms with van der Waals surface area (Å²) < 4.78 is 5.79. The summed E-state index contributed by atoms with van der Waals surface area (Å²) in [5, 5.41) is 29.9. The van der Waals surface area contributed by atoms with Gasteiger partial charge in [-0.05, 0) is 18.4 Å². The average molecular weight is 293 g/mol. The van der Waals surface area contributed by atoms with Crippen LogP contribution in [0.15, 0.2) is 30.3 Å². The minimum atomic E-state index is -0.864. The van der Waals surface area contributed by atoms with Crippen LogP contribution in [-0.2, 0) is 11.3 Å². The van der Waals surface area contributed by atoms with Gasteiger partial charge in [-0.15, -0.1) is 0 Å². The Morgan fingerprint density at radius 2 is 1.81 bits per heavy atom. The zero-order valence-corrected chi connectivity index (χ0v) is 12.0. The van der Waals surface area contributed by atoms with E-state index in [1.165, 1.54) is 0 Å². The maximum absolute atomic E-state index is 10.0. The normalized spacial score (nSPS) is 36.6. The Kier molecular flexibility index (Phi) is 4.57. The van der Waals surface area contributed by atoms with Gasteiger partial charge in [0.1, 0.15) is 0 Å². The molecule has 116 valence electrons. The van der Waals surface area contributed by atoms with E-state index in [1.807, 2.05) is 35.2 Å². The molecule has 2 unspecified atom stereocenters. The van der Waals surface area contributed by atoms with Gasteiger partial charge in [-0.1, -0.05) is 30.3 Å². The van der Waals surface area contributed by atoms with Gasteiger partial charge in [-0.2, -0.15) is 0 Å². The quantitative estimate of drug-likeness (QED) is 0.736. The molecule has 0 saturated carbocycles. The Morgan fingerprint density at radius 1 is 1.05 bits per heavy atom. The Hall–Kier alpha value is -0.980. The number of aliphatic hydroxyl groups is 3. The number of rotatable bonds is 4. The molecule has 0 spiro atoms. The number of ether oxygens (including phenoxy) is 1. The summed E-state index contributed by atoms with van der Waals surface area (Å²) in [6, 6.07) is 9.78. The Morgan fingerprint density at radius 3 is 2.57 bits per heavy atom. The van der Waals surface area contributed by atoms with Crippen LogP contribution in [0.1, 0.15) is 18.4 Å². The molecule has 2 heterocycles. The van der Waals surface area contributed by atoms with Gasteiger partial charge in [0.25, 0.3) is 0 Å². The molecule has 21 heavy (non-hydrogen) atoms. The molecule has 5 nitrogen and oxygen atoms in total. The van der Waals surface area contributed by atoms with Crippen molar-refractivity contribution in [3.8, 4) is 0 Å². The van der Waals surface area contributed by atoms with Crippen molar-refractivity contribution in [2.45, 2.75) is 49.8 Å². The van der Waals surface area contributed by atoms with Gasteiger partial charge < -0.3 is 20.1 Å². The van der Waals surface area contributed by atoms with E-state index in [-0.39, 0.29) is 12.1 Å². The van der Waals surface area contributed by atoms with Gasteiger partial charge in [-0.3, -0.25) is 4.90 Å². The van der Waals surface area contributed by atoms with Crippen molar-refractivity contribution in [3.63, 3.8) is 0 Å². The van der Waals surface area contributed by atoms with Gasteiger partial charge in [0.15, 0.2) is 0 Å². The van der Waals surface area contributed by atoms with E-state index in [9.17, 15) is 15.3 Å². The van der Waals surface area contributed by atoms with E-state index in [4.69, 9.17) is 4.74 Å². The molecule has 0 aromatic heterocycles. The minimum Gasteiger partial charge on any atom is -0.391 e. The van der Waals surface area contributed by atoms with E-state index in [0.29, 0.717) is 26.2 Å². The third-order valence-corrected chi connectivity index (χ3v) is 4.61. The SMILES string of the molecule is OC1C2[C@H](O)CC[C@@H](COCc3ccccc3)N2C[C@H]1O. The lowest BCUT2D eigenvalue weighted by atomic mass is 9.92. The fourth-order valence-electron chi connectivity index (χ4n) is 3.48. The molecular formula is C16H23NO4. The number of piperidine rings is 1. The largest absolute Gasteiger partial charge is 0.391 e. The summed E-state index contributed by atoms with van der Waals surface area (Å²) in [4.78, 5) is 2.01. The van der Waals surface area contributed by atoms with Crippen molar-refractivity contribution < 1.29 is 20.1 Å². The van der Waals surface area contributed by atoms with Crippen molar-refractivity contribution in [2.24, 2.45) is 0 Å². The van der Waals surface area contributed by atoms with E-state index in [0.717, 1.165) is 12.0 Å². The predicted octanol–water partition coefficient (Wildman–Crippen LogP) is 0.132. The van der Waals surface area contributed by atoms with Crippen LogP contribution in [0, 0.1) is 0 Å². The van der Waals surface area contributed by atoms with Crippen LogP contribution in [0.2, 0.25) is 0 Å². The topological polar surface area (TPSA) is 73.2 Å². The van der Waals surface area contributed by atoms with Gasteiger partial charge in [0.2, 0.25) is 0 Å². The lowest BCUT2D eigenvalue weighted by Crippen LogP contribution is -2.54. The van der Waals surface area contributed by atoms with Crippen molar-refractivity contribution in [3.05, 3.63) is 35.9 Å². The molecule has 2 saturated heterocycles. The number of aliphatic hydroxyl groups excluding tert-OH is 3. The van der Waals surface area contributed by atoms with E-state index in [2.05, 4.69) is 0 Å². The second kappa shape index (κ2) is 6.42. The smallest absolute Gasteiger partial charge is 0.0991 e. The van der Waals surface area contributed by atoms with Crippen LogP contribution in [0.25, 0.3) is 0 Å². The molecule has 5 atom stereocenters. The van der Waals surface area contributed by atoms with E-state index in [1.54, 1.807) is 0 Å². The van der Waals surface area contributed by atoms with Crippen LogP contribution in [0.3, 0.4) is 0 Å². The molecular weight excluding hydrogens is 270 g/mol. The molecule has 1 aromatic rings. The molecule has 3 N–H and O–H groups in total. The Labute approximate surface area is 124 Å². The molecule has 0 bridgehead atoms.